The molecule has 4 rings (SSSR count). The Labute approximate surface area is 140 Å². The Kier molecular flexibility index (Phi) is 3.85. The SMILES string of the molecule is Brc1ccc(-c2csc(=NC3CC3)n2N=C2CCCC2)s1. The van der Waals surface area contributed by atoms with Crippen LogP contribution in [0.2, 0.25) is 0 Å². The molecule has 0 N–H and O–H groups in total. The molecule has 0 unspecified atom stereocenters. The summed E-state index contributed by atoms with van der Waals surface area (Å²) in [5, 5.41) is 7.12. The van der Waals surface area contributed by atoms with Crippen molar-refractivity contribution < 1.29 is 0 Å². The zero-order valence-corrected chi connectivity index (χ0v) is 14.8. The van der Waals surface area contributed by atoms with Crippen LogP contribution >= 0.6 is 38.6 Å². The number of nitrogens with zero attached hydrogens (tertiary/aromatic N) is 3. The summed E-state index contributed by atoms with van der Waals surface area (Å²) in [6.07, 6.45) is 7.29. The molecule has 110 valence electrons. The fourth-order valence-corrected chi connectivity index (χ4v) is 4.85. The van der Waals surface area contributed by atoms with Gasteiger partial charge in [0.2, 0.25) is 4.80 Å². The molecule has 2 aromatic rings. The molecule has 0 saturated heterocycles. The number of hydrogen-bond donors (Lipinski definition) is 0. The van der Waals surface area contributed by atoms with Gasteiger partial charge in [-0.25, -0.2) is 4.68 Å². The number of hydrogen-bond acceptors (Lipinski definition) is 4. The first-order valence-electron chi connectivity index (χ1n) is 7.36. The van der Waals surface area contributed by atoms with Gasteiger partial charge in [0.15, 0.2) is 0 Å². The molecule has 6 heteroatoms. The van der Waals surface area contributed by atoms with Crippen LogP contribution in [-0.2, 0) is 0 Å². The first-order valence-corrected chi connectivity index (χ1v) is 9.85. The van der Waals surface area contributed by atoms with Crippen molar-refractivity contribution in [3.63, 3.8) is 0 Å². The number of aromatic nitrogens is 1. The Bertz CT molecular complexity index is 741. The number of thiophene rings is 1. The molecule has 0 amide bonds. The Morgan fingerprint density at radius 2 is 2.00 bits per heavy atom. The summed E-state index contributed by atoms with van der Waals surface area (Å²) in [5.74, 6) is 0. The van der Waals surface area contributed by atoms with Crippen LogP contribution in [0, 0.1) is 0 Å². The van der Waals surface area contributed by atoms with E-state index >= 15 is 0 Å². The zero-order valence-electron chi connectivity index (χ0n) is 11.6. The highest BCUT2D eigenvalue weighted by Gasteiger charge is 2.21. The van der Waals surface area contributed by atoms with Gasteiger partial charge < -0.3 is 0 Å². The van der Waals surface area contributed by atoms with Gasteiger partial charge in [-0.1, -0.05) is 0 Å². The van der Waals surface area contributed by atoms with Gasteiger partial charge in [0, 0.05) is 11.1 Å². The van der Waals surface area contributed by atoms with Gasteiger partial charge in [-0.05, 0) is 66.6 Å². The number of halogens is 1. The quantitative estimate of drug-likeness (QED) is 0.724. The van der Waals surface area contributed by atoms with Crippen LogP contribution in [0.1, 0.15) is 38.5 Å². The highest BCUT2D eigenvalue weighted by molar-refractivity contribution is 9.11. The molecule has 3 nitrogen and oxygen atoms in total. The van der Waals surface area contributed by atoms with E-state index in [1.54, 1.807) is 22.7 Å². The van der Waals surface area contributed by atoms with Crippen molar-refractivity contribution in [2.24, 2.45) is 10.1 Å². The monoisotopic (exact) mass is 381 g/mol. The Hall–Kier alpha value is -0.720. The van der Waals surface area contributed by atoms with Crippen LogP contribution in [0.5, 0.6) is 0 Å². The standard InChI is InChI=1S/C15H16BrN3S2/c16-14-8-7-13(21-14)12-9-20-15(17-10-5-6-10)19(12)18-11-3-1-2-4-11/h7-10H,1-6H2. The van der Waals surface area contributed by atoms with Gasteiger partial charge in [-0.2, -0.15) is 5.10 Å². The molecule has 0 bridgehead atoms. The predicted octanol–water partition coefficient (Wildman–Crippen LogP) is 4.88. The van der Waals surface area contributed by atoms with E-state index < -0.39 is 0 Å². The van der Waals surface area contributed by atoms with Crippen molar-refractivity contribution in [2.75, 3.05) is 0 Å². The molecule has 2 aliphatic carbocycles. The van der Waals surface area contributed by atoms with Crippen molar-refractivity contribution in [2.45, 2.75) is 44.6 Å². The second-order valence-corrected chi connectivity index (χ2v) is 8.85. The Morgan fingerprint density at radius 3 is 2.67 bits per heavy atom. The van der Waals surface area contributed by atoms with Crippen molar-refractivity contribution in [1.29, 1.82) is 0 Å². The Morgan fingerprint density at radius 1 is 1.19 bits per heavy atom. The third-order valence-electron chi connectivity index (χ3n) is 3.77. The van der Waals surface area contributed by atoms with E-state index in [4.69, 9.17) is 10.1 Å². The molecular weight excluding hydrogens is 366 g/mol. The largest absolute Gasteiger partial charge is 0.254 e. The minimum absolute atomic E-state index is 0.529. The highest BCUT2D eigenvalue weighted by atomic mass is 79.9. The third kappa shape index (κ3) is 3.07. The van der Waals surface area contributed by atoms with Crippen molar-refractivity contribution in [3.8, 4) is 10.6 Å². The number of rotatable bonds is 3. The minimum Gasteiger partial charge on any atom is -0.254 e. The van der Waals surface area contributed by atoms with E-state index in [9.17, 15) is 0 Å². The molecule has 0 radical (unpaired) electrons. The molecule has 0 spiro atoms. The van der Waals surface area contributed by atoms with Crippen LogP contribution < -0.4 is 4.80 Å². The van der Waals surface area contributed by atoms with Crippen LogP contribution in [0.3, 0.4) is 0 Å². The van der Waals surface area contributed by atoms with Crippen molar-refractivity contribution in [1.82, 2.24) is 4.68 Å². The van der Waals surface area contributed by atoms with Gasteiger partial charge in [0.25, 0.3) is 0 Å². The average molecular weight is 382 g/mol. The maximum atomic E-state index is 4.93. The van der Waals surface area contributed by atoms with Gasteiger partial charge in [-0.3, -0.25) is 4.99 Å². The van der Waals surface area contributed by atoms with E-state index in [-0.39, 0.29) is 0 Å². The summed E-state index contributed by atoms with van der Waals surface area (Å²) in [7, 11) is 0. The molecule has 21 heavy (non-hydrogen) atoms. The van der Waals surface area contributed by atoms with E-state index in [0.29, 0.717) is 6.04 Å². The maximum absolute atomic E-state index is 4.93. The van der Waals surface area contributed by atoms with Gasteiger partial charge in [0.1, 0.15) is 0 Å². The fraction of sp³-hybridized carbons (Fsp3) is 0.467. The molecule has 0 atom stereocenters. The van der Waals surface area contributed by atoms with Crippen molar-refractivity contribution in [3.05, 3.63) is 26.1 Å². The lowest BCUT2D eigenvalue weighted by Crippen LogP contribution is -2.14. The second-order valence-electron chi connectivity index (χ2n) is 5.55. The topological polar surface area (TPSA) is 29.6 Å². The lowest BCUT2D eigenvalue weighted by atomic mass is 10.3. The molecule has 2 aliphatic rings. The number of thiazole rings is 1. The van der Waals surface area contributed by atoms with Gasteiger partial charge in [0.05, 0.1) is 20.4 Å². The first kappa shape index (κ1) is 13.9. The minimum atomic E-state index is 0.529. The summed E-state index contributed by atoms with van der Waals surface area (Å²) in [5.41, 5.74) is 2.50. The summed E-state index contributed by atoms with van der Waals surface area (Å²) in [6, 6.07) is 4.78. The lowest BCUT2D eigenvalue weighted by Gasteiger charge is -2.03. The molecule has 2 fully saturated rings. The summed E-state index contributed by atoms with van der Waals surface area (Å²) in [4.78, 5) is 7.13. The lowest BCUT2D eigenvalue weighted by molar-refractivity contribution is 0.813. The van der Waals surface area contributed by atoms with Crippen LogP contribution in [-0.4, -0.2) is 16.4 Å². The van der Waals surface area contributed by atoms with Crippen LogP contribution in [0.4, 0.5) is 0 Å². The van der Waals surface area contributed by atoms with E-state index in [0.717, 1.165) is 21.4 Å². The molecular formula is C15H16BrN3S2. The molecule has 0 aromatic carbocycles. The van der Waals surface area contributed by atoms with Crippen LogP contribution in [0.15, 0.2) is 31.4 Å². The molecule has 2 saturated carbocycles. The fourth-order valence-electron chi connectivity index (χ4n) is 2.49. The van der Waals surface area contributed by atoms with Crippen LogP contribution in [0.25, 0.3) is 10.6 Å². The summed E-state index contributed by atoms with van der Waals surface area (Å²) < 4.78 is 3.24. The smallest absolute Gasteiger partial charge is 0.206 e. The van der Waals surface area contributed by atoms with E-state index in [1.807, 2.05) is 0 Å². The third-order valence-corrected chi connectivity index (χ3v) is 6.25. The maximum Gasteiger partial charge on any atom is 0.206 e. The van der Waals surface area contributed by atoms with Gasteiger partial charge >= 0.3 is 0 Å². The summed E-state index contributed by atoms with van der Waals surface area (Å²) in [6.45, 7) is 0. The van der Waals surface area contributed by atoms with Gasteiger partial charge in [-0.15, -0.1) is 22.7 Å². The average Bonchev–Trinajstić information content (AvgIpc) is 2.88. The zero-order chi connectivity index (χ0) is 14.2. The molecule has 0 aliphatic heterocycles. The predicted molar refractivity (Wildman–Crippen MR) is 93.2 cm³/mol. The van der Waals surface area contributed by atoms with E-state index in [1.165, 1.54) is 42.0 Å². The van der Waals surface area contributed by atoms with E-state index in [2.05, 4.69) is 38.1 Å². The second kappa shape index (κ2) is 5.82. The first-order chi connectivity index (χ1) is 10.3. The van der Waals surface area contributed by atoms with Crippen molar-refractivity contribution >= 4 is 44.3 Å². The highest BCUT2D eigenvalue weighted by Crippen LogP contribution is 2.32. The Balaban J connectivity index is 1.82. The normalized spacial score (nSPS) is 19.5. The molecule has 2 heterocycles. The summed E-state index contributed by atoms with van der Waals surface area (Å²) >= 11 is 7.02. The molecule has 2 aromatic heterocycles.